The first-order valence-corrected chi connectivity index (χ1v) is 11.9. The van der Waals surface area contributed by atoms with E-state index in [4.69, 9.17) is 26.8 Å². The molecule has 41 heavy (non-hydrogen) atoms. The minimum atomic E-state index is -5.26. The molecule has 1 amide bonds. The van der Waals surface area contributed by atoms with Crippen molar-refractivity contribution in [1.29, 1.82) is 0 Å². The van der Waals surface area contributed by atoms with Crippen LogP contribution in [0.1, 0.15) is 34.8 Å². The van der Waals surface area contributed by atoms with E-state index >= 15 is 0 Å². The number of rotatable bonds is 5. The lowest BCUT2D eigenvalue weighted by molar-refractivity contribution is -0.251. The van der Waals surface area contributed by atoms with Gasteiger partial charge in [0, 0.05) is 0 Å². The number of nitrogens with zero attached hydrogens (tertiary/aromatic N) is 4. The summed E-state index contributed by atoms with van der Waals surface area (Å²) < 4.78 is 85.4. The van der Waals surface area contributed by atoms with Crippen LogP contribution >= 0.6 is 0 Å². The molecule has 19 heteroatoms. The first-order valence-electron chi connectivity index (χ1n) is 11.9. The average Bonchev–Trinajstić information content (AvgIpc) is 3.33. The number of ether oxygens (including phenoxy) is 1. The topological polar surface area (TPSA) is 202 Å². The molecular weight excluding hydrogens is 572 g/mol. The highest BCUT2D eigenvalue weighted by atomic mass is 19.4. The summed E-state index contributed by atoms with van der Waals surface area (Å²) in [5.74, 6) is -6.45. The smallest absolute Gasteiger partial charge is 0.417 e. The Morgan fingerprint density at radius 1 is 1.22 bits per heavy atom. The van der Waals surface area contributed by atoms with Crippen LogP contribution in [0.5, 0.6) is 0 Å². The fourth-order valence-electron chi connectivity index (χ4n) is 5.13. The normalized spacial score (nSPS) is 27.9. The molecule has 3 aliphatic heterocycles. The van der Waals surface area contributed by atoms with Gasteiger partial charge in [0.1, 0.15) is 11.6 Å². The van der Waals surface area contributed by atoms with Gasteiger partial charge < -0.3 is 37.1 Å². The molecule has 0 bridgehead atoms. The highest BCUT2D eigenvalue weighted by Crippen LogP contribution is 2.46. The molecule has 2 saturated heterocycles. The van der Waals surface area contributed by atoms with Crippen molar-refractivity contribution < 1.29 is 55.7 Å². The Morgan fingerprint density at radius 2 is 1.88 bits per heavy atom. The number of guanidine groups is 2. The number of hydroxylamine groups is 2. The molecule has 8 N–H and O–H groups in total. The molecular formula is C22H25F6N7O6. The Morgan fingerprint density at radius 3 is 2.41 bits per heavy atom. The molecule has 2 fully saturated rings. The number of benzene rings is 1. The zero-order valence-electron chi connectivity index (χ0n) is 21.1. The number of halogens is 6. The van der Waals surface area contributed by atoms with Gasteiger partial charge in [0.25, 0.3) is 0 Å². The van der Waals surface area contributed by atoms with Gasteiger partial charge >= 0.3 is 18.3 Å². The maximum atomic E-state index is 13.6. The summed E-state index contributed by atoms with van der Waals surface area (Å²) in [5.41, 5.74) is 10.2. The third kappa shape index (κ3) is 5.19. The minimum Gasteiger partial charge on any atom is -0.451 e. The van der Waals surface area contributed by atoms with Crippen molar-refractivity contribution in [3.05, 3.63) is 34.9 Å². The zero-order chi connectivity index (χ0) is 30.7. The first-order chi connectivity index (χ1) is 18.8. The van der Waals surface area contributed by atoms with Crippen LogP contribution in [-0.4, -0.2) is 93.2 Å². The summed E-state index contributed by atoms with van der Waals surface area (Å²) in [7, 11) is 0. The van der Waals surface area contributed by atoms with Gasteiger partial charge in [0.05, 0.1) is 48.8 Å². The van der Waals surface area contributed by atoms with Crippen LogP contribution in [0.15, 0.2) is 28.2 Å². The van der Waals surface area contributed by atoms with E-state index in [1.165, 1.54) is 6.92 Å². The molecule has 0 saturated carbocycles. The highest BCUT2D eigenvalue weighted by Gasteiger charge is 2.70. The molecule has 1 aromatic rings. The molecule has 13 nitrogen and oxygen atoms in total. The second-order valence-electron chi connectivity index (χ2n) is 9.73. The van der Waals surface area contributed by atoms with Crippen molar-refractivity contribution in [3.63, 3.8) is 0 Å². The largest absolute Gasteiger partial charge is 0.451 e. The second kappa shape index (κ2) is 9.91. The number of aliphatic hydroxyl groups is 2. The Labute approximate surface area is 227 Å². The van der Waals surface area contributed by atoms with Crippen LogP contribution < -0.4 is 17.2 Å². The van der Waals surface area contributed by atoms with Crippen LogP contribution in [0, 0.1) is 0 Å². The third-order valence-electron chi connectivity index (χ3n) is 7.22. The molecule has 3 aliphatic rings. The number of carbonyl (C=O) groups is 2. The van der Waals surface area contributed by atoms with Crippen LogP contribution in [0.2, 0.25) is 0 Å². The molecule has 0 aromatic heterocycles. The van der Waals surface area contributed by atoms with E-state index in [9.17, 15) is 46.1 Å². The number of amides is 1. The van der Waals surface area contributed by atoms with E-state index in [-0.39, 0.29) is 43.7 Å². The lowest BCUT2D eigenvalue weighted by atomic mass is 9.78. The molecule has 0 spiro atoms. The van der Waals surface area contributed by atoms with Crippen LogP contribution in [0.4, 0.5) is 26.3 Å². The Hall–Kier alpha value is -3.84. The number of carbonyl (C=O) groups excluding carboxylic acids is 2. The van der Waals surface area contributed by atoms with E-state index < -0.39 is 82.9 Å². The molecule has 3 heterocycles. The summed E-state index contributed by atoms with van der Waals surface area (Å²) in [6, 6.07) is -2.42. The van der Waals surface area contributed by atoms with Crippen LogP contribution in [0.25, 0.3) is 0 Å². The van der Waals surface area contributed by atoms with E-state index in [1.54, 1.807) is 0 Å². The van der Waals surface area contributed by atoms with Crippen molar-refractivity contribution in [2.24, 2.45) is 27.2 Å². The predicted molar refractivity (Wildman–Crippen MR) is 125 cm³/mol. The summed E-state index contributed by atoms with van der Waals surface area (Å²) in [5, 5.41) is 23.6. The monoisotopic (exact) mass is 597 g/mol. The lowest BCUT2D eigenvalue weighted by Crippen LogP contribution is -2.72. The Balaban J connectivity index is 1.72. The minimum absolute atomic E-state index is 0.0489. The number of aliphatic imine (C=N–C) groups is 2. The quantitative estimate of drug-likeness (QED) is 0.0969. The van der Waals surface area contributed by atoms with Gasteiger partial charge in [-0.2, -0.15) is 26.3 Å². The summed E-state index contributed by atoms with van der Waals surface area (Å²) in [6.45, 7) is 0.264. The zero-order valence-corrected chi connectivity index (χ0v) is 21.1. The van der Waals surface area contributed by atoms with Gasteiger partial charge in [0.2, 0.25) is 11.7 Å². The third-order valence-corrected chi connectivity index (χ3v) is 7.22. The number of nitrogens with two attached hydrogens (primary N) is 3. The van der Waals surface area contributed by atoms with Gasteiger partial charge in [-0.05, 0) is 25.1 Å². The number of fused-ring (bicyclic) bond motifs is 1. The van der Waals surface area contributed by atoms with E-state index in [1.807, 2.05) is 0 Å². The molecule has 4 atom stereocenters. The maximum Gasteiger partial charge on any atom is 0.417 e. The molecule has 1 aromatic carbocycles. The van der Waals surface area contributed by atoms with Crippen LogP contribution in [0.3, 0.4) is 0 Å². The van der Waals surface area contributed by atoms with Crippen molar-refractivity contribution in [3.8, 4) is 0 Å². The lowest BCUT2D eigenvalue weighted by Gasteiger charge is -2.50. The van der Waals surface area contributed by atoms with Crippen molar-refractivity contribution >= 4 is 23.8 Å². The average molecular weight is 597 g/mol. The highest BCUT2D eigenvalue weighted by molar-refractivity contribution is 5.92. The summed E-state index contributed by atoms with van der Waals surface area (Å²) in [4.78, 5) is 39.5. The van der Waals surface area contributed by atoms with Crippen molar-refractivity contribution in [2.75, 3.05) is 19.7 Å². The standard InChI is InChI=1S/C22H25F6N7O6/c1-19-15(33-17(29)30)12(7-35-14(36)4-5-40-35)32-18(31)34(19)8-13(20(19,38)39)41-16(37)10-6-9(21(23,24)25)2-3-11(10)22(26,27)28/h2-3,6,12-13,15,38-39H,4-5,7-8H2,1H3,(H2,31,32)(H4,29,30,33)/t12?,13-,15?,19?/m0/s1. The molecule has 4 rings (SSSR count). The van der Waals surface area contributed by atoms with E-state index in [0.717, 1.165) is 9.96 Å². The summed E-state index contributed by atoms with van der Waals surface area (Å²) >= 11 is 0. The van der Waals surface area contributed by atoms with Gasteiger partial charge in [-0.25, -0.2) is 19.8 Å². The summed E-state index contributed by atoms with van der Waals surface area (Å²) in [6.07, 6.45) is -12.4. The molecule has 0 radical (unpaired) electrons. The van der Waals surface area contributed by atoms with Crippen molar-refractivity contribution in [1.82, 2.24) is 9.96 Å². The predicted octanol–water partition coefficient (Wildman–Crippen LogP) is -0.492. The fourth-order valence-corrected chi connectivity index (χ4v) is 5.13. The Bertz CT molecular complexity index is 1300. The van der Waals surface area contributed by atoms with Gasteiger partial charge in [0.15, 0.2) is 18.0 Å². The molecule has 3 unspecified atom stereocenters. The van der Waals surface area contributed by atoms with Crippen LogP contribution in [-0.2, 0) is 26.7 Å². The number of hydrogen-bond donors (Lipinski definition) is 5. The first kappa shape index (κ1) is 30.1. The number of alkyl halides is 6. The maximum absolute atomic E-state index is 13.6. The van der Waals surface area contributed by atoms with Gasteiger partial charge in [-0.3, -0.25) is 9.63 Å². The number of hydrogen-bond acceptors (Lipinski definition) is 10. The van der Waals surface area contributed by atoms with Gasteiger partial charge in [-0.1, -0.05) is 0 Å². The fraction of sp³-hybridized carbons (Fsp3) is 0.545. The molecule has 226 valence electrons. The SMILES string of the molecule is CC12C(N=C(N)N)C(CN3OCCC3=O)N=C(N)N1C[C@H](OC(=O)c1cc(C(F)(F)F)ccc1C(F)(F)F)C2(O)O. The molecule has 0 aliphatic carbocycles. The van der Waals surface area contributed by atoms with Crippen molar-refractivity contribution in [2.45, 2.75) is 55.2 Å². The second-order valence-corrected chi connectivity index (χ2v) is 9.73. The van der Waals surface area contributed by atoms with E-state index in [2.05, 4.69) is 9.98 Å². The number of esters is 1. The Kier molecular flexibility index (Phi) is 7.28. The van der Waals surface area contributed by atoms with Gasteiger partial charge in [-0.15, -0.1) is 0 Å². The van der Waals surface area contributed by atoms with E-state index in [0.29, 0.717) is 0 Å².